The molecule has 0 atom stereocenters. The molecule has 0 aromatic carbocycles. The van der Waals surface area contributed by atoms with Crippen molar-refractivity contribution in [2.24, 2.45) is 5.73 Å². The van der Waals surface area contributed by atoms with Gasteiger partial charge in [0.05, 0.1) is 25.4 Å². The van der Waals surface area contributed by atoms with Crippen molar-refractivity contribution < 1.29 is 87.0 Å². The maximum atomic E-state index is 10.9. The molecule has 0 saturated carbocycles. The van der Waals surface area contributed by atoms with E-state index in [9.17, 15) is 9.13 Å². The van der Waals surface area contributed by atoms with E-state index in [1.54, 1.807) is 0 Å². The fourth-order valence-electron chi connectivity index (χ4n) is 1.04. The third kappa shape index (κ3) is 30.8. The summed E-state index contributed by atoms with van der Waals surface area (Å²) >= 11 is 21.2. The number of aliphatic hydroxyl groups excluding tert-OH is 3. The van der Waals surface area contributed by atoms with Gasteiger partial charge in [0.2, 0.25) is 0 Å². The van der Waals surface area contributed by atoms with E-state index < -0.39 is 40.7 Å². The van der Waals surface area contributed by atoms with Crippen LogP contribution in [0.4, 0.5) is 0 Å². The van der Waals surface area contributed by atoms with Crippen LogP contribution in [-0.4, -0.2) is 100 Å². The van der Waals surface area contributed by atoms with Crippen LogP contribution < -0.4 is 77.5 Å². The normalized spacial score (nSPS) is 11.5. The van der Waals surface area contributed by atoms with Crippen molar-refractivity contribution in [3.05, 3.63) is 0 Å². The first kappa shape index (κ1) is 41.0. The Morgan fingerprint density at radius 2 is 0.871 bits per heavy atom. The molecule has 0 aromatic rings. The first-order valence-corrected chi connectivity index (χ1v) is 13.9. The van der Waals surface area contributed by atoms with Crippen molar-refractivity contribution in [2.45, 2.75) is 5.54 Å². The van der Waals surface area contributed by atoms with Crippen LogP contribution in [0.25, 0.3) is 0 Å². The number of hydrogen-bond acceptors (Lipinski definition) is 6. The molecule has 0 spiro atoms. The minimum Gasteiger partial charge on any atom is -1.00 e. The number of aliphatic hydroxyl groups is 3. The summed E-state index contributed by atoms with van der Waals surface area (Å²) in [6, 6.07) is 0. The number of halogens is 4. The van der Waals surface area contributed by atoms with Crippen LogP contribution in [0, 0.1) is 0 Å². The molecule has 0 heterocycles. The van der Waals surface area contributed by atoms with Crippen molar-refractivity contribution in [3.8, 4) is 0 Å². The van der Waals surface area contributed by atoms with Gasteiger partial charge in [-0.05, 0) is 0 Å². The van der Waals surface area contributed by atoms with Gasteiger partial charge in [0.15, 0.2) is 0 Å². The van der Waals surface area contributed by atoms with Gasteiger partial charge < -0.3 is 32.3 Å². The monoisotopic (exact) mass is 601 g/mol. The van der Waals surface area contributed by atoms with Crippen molar-refractivity contribution in [1.82, 2.24) is 20.3 Å². The summed E-state index contributed by atoms with van der Waals surface area (Å²) in [6.45, 7) is -0.0233. The molecule has 0 bridgehead atoms. The van der Waals surface area contributed by atoms with E-state index in [4.69, 9.17) is 77.2 Å². The third-order valence-corrected chi connectivity index (χ3v) is 5.99. The summed E-state index contributed by atoms with van der Waals surface area (Å²) in [5.74, 6) is 1.19. The molecule has 0 saturated heterocycles. The molecule has 11 N–H and O–H groups in total. The van der Waals surface area contributed by atoms with Gasteiger partial charge in [-0.1, -0.05) is 0 Å². The van der Waals surface area contributed by atoms with Crippen LogP contribution in [-0.2, 0) is 9.13 Å². The van der Waals surface area contributed by atoms with Crippen molar-refractivity contribution in [1.29, 1.82) is 0 Å². The Kier molecular flexibility index (Phi) is 34.3. The Hall–Kier alpha value is 2.86. The summed E-state index contributed by atoms with van der Waals surface area (Å²) in [7, 11) is -6.79. The van der Waals surface area contributed by atoms with Gasteiger partial charge in [0.25, 0.3) is 0 Å². The van der Waals surface area contributed by atoms with Gasteiger partial charge in [-0.25, -0.2) is 20.3 Å². The molecule has 0 radical (unpaired) electrons. The topological polar surface area (TPSA) is 209 Å². The van der Waals surface area contributed by atoms with Crippen molar-refractivity contribution in [3.63, 3.8) is 0 Å². The van der Waals surface area contributed by atoms with Crippen LogP contribution in [0.5, 0.6) is 0 Å². The number of hydrogen-bond donors (Lipinski definition) is 10. The molecule has 0 unspecified atom stereocenters. The molecule has 0 aliphatic heterocycles. The zero-order chi connectivity index (χ0) is 24.1. The maximum Gasteiger partial charge on any atom is 1.00 e. The minimum absolute atomic E-state index is 0. The van der Waals surface area contributed by atoms with E-state index >= 15 is 0 Å². The molecular formula is C12H34Cl4KN5O7P2. The second kappa shape index (κ2) is 25.9. The summed E-state index contributed by atoms with van der Waals surface area (Å²) in [5, 5.41) is 34.4. The Bertz CT molecular complexity index is 433. The largest absolute Gasteiger partial charge is 1.00 e. The minimum atomic E-state index is -3.39. The van der Waals surface area contributed by atoms with Crippen LogP contribution in [0.3, 0.4) is 0 Å². The molecule has 0 aromatic heterocycles. The predicted molar refractivity (Wildman–Crippen MR) is 124 cm³/mol. The number of rotatable bonds is 15. The molecule has 12 nitrogen and oxygen atoms in total. The third-order valence-electron chi connectivity index (χ3n) is 2.63. The molecule has 19 heteroatoms. The average Bonchev–Trinajstić information content (AvgIpc) is 2.74. The zero-order valence-electron chi connectivity index (χ0n) is 18.3. The predicted octanol–water partition coefficient (Wildman–Crippen LogP) is -3.74. The standard InChI is InChI=1S/2C4H11Cl2N2O2P.C4H11NO3.K.H/c2*5-1-3-7-11(9,10)8-4-2-6;5-4(1-6,2-7)3-8;;/h2*1-4H2,(H3,7,8,9,10);6-8H,1-3,5H2;;/q;;;+1;-1. The van der Waals surface area contributed by atoms with Crippen molar-refractivity contribution in [2.75, 3.05) is 69.5 Å². The Morgan fingerprint density at radius 3 is 0.968 bits per heavy atom. The molecule has 0 amide bonds. The smallest absolute Gasteiger partial charge is 1.00 e. The van der Waals surface area contributed by atoms with Crippen LogP contribution in [0.1, 0.15) is 1.43 Å². The molecular weight excluding hydrogens is 569 g/mol. The number of nitrogens with two attached hydrogens (primary N) is 1. The fraction of sp³-hybridized carbons (Fsp3) is 1.00. The average molecular weight is 603 g/mol. The Balaban J connectivity index is -0.000000112. The molecule has 0 aliphatic carbocycles. The molecule has 31 heavy (non-hydrogen) atoms. The van der Waals surface area contributed by atoms with Crippen LogP contribution in [0.15, 0.2) is 0 Å². The first-order chi connectivity index (χ1) is 13.9. The summed E-state index contributed by atoms with van der Waals surface area (Å²) < 4.78 is 21.9. The van der Waals surface area contributed by atoms with Gasteiger partial charge in [0.1, 0.15) is 0 Å². The van der Waals surface area contributed by atoms with E-state index in [0.29, 0.717) is 49.7 Å². The molecule has 0 aliphatic rings. The van der Waals surface area contributed by atoms with Gasteiger partial charge >= 0.3 is 66.7 Å². The quantitative estimate of drug-likeness (QED) is 0.0498. The van der Waals surface area contributed by atoms with Crippen LogP contribution >= 0.6 is 61.7 Å². The SMILES string of the molecule is NC(CO)(CO)CO.O=P(O)(NCCCl)NCCCl.O=P(O)(NCCCl)NCCCl.[H-].[K+]. The van der Waals surface area contributed by atoms with E-state index in [1.165, 1.54) is 0 Å². The first-order valence-electron chi connectivity index (χ1n) is 8.44. The molecule has 188 valence electrons. The van der Waals surface area contributed by atoms with Gasteiger partial charge in [-0.3, -0.25) is 9.13 Å². The van der Waals surface area contributed by atoms with E-state index in [1.807, 2.05) is 0 Å². The van der Waals surface area contributed by atoms with E-state index in [0.717, 1.165) is 0 Å². The second-order valence-corrected chi connectivity index (χ2v) is 10.5. The summed E-state index contributed by atoms with van der Waals surface area (Å²) in [4.78, 5) is 18.0. The van der Waals surface area contributed by atoms with Gasteiger partial charge in [-0.2, -0.15) is 0 Å². The molecule has 0 fully saturated rings. The maximum absolute atomic E-state index is 10.9. The molecule has 0 rings (SSSR count). The number of nitrogens with one attached hydrogen (secondary N) is 4. The zero-order valence-corrected chi connectivity index (χ0v) is 25.3. The second-order valence-electron chi connectivity index (χ2n) is 5.38. The van der Waals surface area contributed by atoms with Gasteiger partial charge in [-0.15, -0.1) is 46.4 Å². The summed E-state index contributed by atoms with van der Waals surface area (Å²) in [5.41, 5.74) is 3.94. The Labute approximate surface area is 247 Å². The summed E-state index contributed by atoms with van der Waals surface area (Å²) in [6.07, 6.45) is 0. The van der Waals surface area contributed by atoms with E-state index in [-0.39, 0.29) is 52.8 Å². The number of alkyl halides is 4. The van der Waals surface area contributed by atoms with E-state index in [2.05, 4.69) is 20.3 Å². The van der Waals surface area contributed by atoms with Crippen molar-refractivity contribution >= 4 is 61.7 Å². The van der Waals surface area contributed by atoms with Crippen LogP contribution in [0.2, 0.25) is 0 Å². The Morgan fingerprint density at radius 1 is 0.677 bits per heavy atom. The fourth-order valence-corrected chi connectivity index (χ4v) is 3.83. The van der Waals surface area contributed by atoms with Gasteiger partial charge in [0, 0.05) is 49.7 Å².